The third-order valence-electron chi connectivity index (χ3n) is 3.88. The summed E-state index contributed by atoms with van der Waals surface area (Å²) in [6.45, 7) is 10.5. The van der Waals surface area contributed by atoms with Gasteiger partial charge in [0.1, 0.15) is 0 Å². The fourth-order valence-electron chi connectivity index (χ4n) is 3.18. The Morgan fingerprint density at radius 3 is 2.60 bits per heavy atom. The largest absolute Gasteiger partial charge is 0.314 e. The highest BCUT2D eigenvalue weighted by molar-refractivity contribution is 4.85. The summed E-state index contributed by atoms with van der Waals surface area (Å²) >= 11 is 0. The lowest BCUT2D eigenvalue weighted by molar-refractivity contribution is 0.144. The van der Waals surface area contributed by atoms with E-state index in [2.05, 4.69) is 33.0 Å². The average molecular weight is 211 g/mol. The van der Waals surface area contributed by atoms with Crippen molar-refractivity contribution in [1.29, 1.82) is 0 Å². The molecule has 0 spiro atoms. The number of hydrogen-bond acceptors (Lipinski definition) is 1. The first-order valence-corrected chi connectivity index (χ1v) is 6.82. The van der Waals surface area contributed by atoms with Crippen LogP contribution >= 0.6 is 0 Å². The van der Waals surface area contributed by atoms with Crippen molar-refractivity contribution in [2.75, 3.05) is 6.54 Å². The van der Waals surface area contributed by atoms with E-state index in [1.54, 1.807) is 0 Å². The van der Waals surface area contributed by atoms with Gasteiger partial charge in [-0.25, -0.2) is 0 Å². The Morgan fingerprint density at radius 1 is 1.33 bits per heavy atom. The van der Waals surface area contributed by atoms with Gasteiger partial charge in [0.05, 0.1) is 0 Å². The van der Waals surface area contributed by atoms with Crippen LogP contribution in [0.5, 0.6) is 0 Å². The first kappa shape index (κ1) is 13.0. The molecule has 0 radical (unpaired) electrons. The molecule has 0 aromatic heterocycles. The molecule has 2 unspecified atom stereocenters. The van der Waals surface area contributed by atoms with Crippen LogP contribution < -0.4 is 5.32 Å². The van der Waals surface area contributed by atoms with E-state index in [1.807, 2.05) is 0 Å². The molecule has 90 valence electrons. The Hall–Kier alpha value is -0.0400. The van der Waals surface area contributed by atoms with Gasteiger partial charge in [0, 0.05) is 6.04 Å². The maximum Gasteiger partial charge on any atom is 0.00953 e. The first-order valence-electron chi connectivity index (χ1n) is 6.82. The molecule has 0 aliphatic heterocycles. The molecule has 1 aliphatic rings. The molecule has 1 nitrogen and oxygen atoms in total. The minimum absolute atomic E-state index is 0.588. The molecular formula is C14H29N. The molecule has 0 heterocycles. The molecule has 1 N–H and O–H groups in total. The molecule has 1 heteroatoms. The quantitative estimate of drug-likeness (QED) is 0.725. The van der Waals surface area contributed by atoms with Crippen molar-refractivity contribution < 1.29 is 0 Å². The summed E-state index contributed by atoms with van der Waals surface area (Å²) in [4.78, 5) is 0. The van der Waals surface area contributed by atoms with Gasteiger partial charge in [-0.05, 0) is 43.6 Å². The standard InChI is InChI=1S/C14H29N/c1-5-8-13(15-6-2)12-9-7-10-14(3,4)11-12/h12-13,15H,5-11H2,1-4H3. The Morgan fingerprint density at radius 2 is 2.07 bits per heavy atom. The zero-order valence-corrected chi connectivity index (χ0v) is 11.1. The average Bonchev–Trinajstić information content (AvgIpc) is 2.16. The number of rotatable bonds is 5. The van der Waals surface area contributed by atoms with Gasteiger partial charge in [-0.2, -0.15) is 0 Å². The van der Waals surface area contributed by atoms with E-state index in [4.69, 9.17) is 0 Å². The molecular weight excluding hydrogens is 182 g/mol. The van der Waals surface area contributed by atoms with Crippen molar-refractivity contribution in [2.45, 2.75) is 72.3 Å². The normalized spacial score (nSPS) is 27.6. The van der Waals surface area contributed by atoms with Crippen LogP contribution in [0.2, 0.25) is 0 Å². The molecule has 0 aromatic rings. The maximum absolute atomic E-state index is 3.69. The van der Waals surface area contributed by atoms with E-state index in [1.165, 1.54) is 38.5 Å². The Labute approximate surface area is 96.0 Å². The Balaban J connectivity index is 2.50. The summed E-state index contributed by atoms with van der Waals surface area (Å²) in [6.07, 6.45) is 8.40. The van der Waals surface area contributed by atoms with Gasteiger partial charge in [-0.15, -0.1) is 0 Å². The molecule has 1 rings (SSSR count). The van der Waals surface area contributed by atoms with Crippen molar-refractivity contribution >= 4 is 0 Å². The molecule has 1 saturated carbocycles. The summed E-state index contributed by atoms with van der Waals surface area (Å²) in [7, 11) is 0. The van der Waals surface area contributed by atoms with Gasteiger partial charge in [0.25, 0.3) is 0 Å². The fourth-order valence-corrected chi connectivity index (χ4v) is 3.18. The SMILES string of the molecule is CCCC(NCC)C1CCCC(C)(C)C1. The summed E-state index contributed by atoms with van der Waals surface area (Å²) in [5.41, 5.74) is 0.588. The van der Waals surface area contributed by atoms with Crippen molar-refractivity contribution in [3.8, 4) is 0 Å². The highest BCUT2D eigenvalue weighted by Crippen LogP contribution is 2.40. The van der Waals surface area contributed by atoms with Gasteiger partial charge in [0.2, 0.25) is 0 Å². The predicted octanol–water partition coefficient (Wildman–Crippen LogP) is 3.98. The van der Waals surface area contributed by atoms with E-state index in [-0.39, 0.29) is 0 Å². The van der Waals surface area contributed by atoms with Crippen LogP contribution in [0, 0.1) is 11.3 Å². The van der Waals surface area contributed by atoms with Crippen LogP contribution in [0.15, 0.2) is 0 Å². The molecule has 0 amide bonds. The van der Waals surface area contributed by atoms with Crippen molar-refractivity contribution in [3.05, 3.63) is 0 Å². The highest BCUT2D eigenvalue weighted by atomic mass is 14.9. The van der Waals surface area contributed by atoms with E-state index in [0.29, 0.717) is 5.41 Å². The van der Waals surface area contributed by atoms with Gasteiger partial charge in [-0.1, -0.05) is 40.5 Å². The zero-order chi connectivity index (χ0) is 11.3. The van der Waals surface area contributed by atoms with Crippen LogP contribution in [0.4, 0.5) is 0 Å². The third kappa shape index (κ3) is 4.14. The van der Waals surface area contributed by atoms with E-state index in [9.17, 15) is 0 Å². The molecule has 0 aromatic carbocycles. The van der Waals surface area contributed by atoms with E-state index >= 15 is 0 Å². The van der Waals surface area contributed by atoms with Gasteiger partial charge < -0.3 is 5.32 Å². The fraction of sp³-hybridized carbons (Fsp3) is 1.00. The van der Waals surface area contributed by atoms with Crippen LogP contribution in [0.1, 0.15) is 66.2 Å². The van der Waals surface area contributed by atoms with E-state index in [0.717, 1.165) is 18.5 Å². The van der Waals surface area contributed by atoms with Crippen LogP contribution in [-0.4, -0.2) is 12.6 Å². The summed E-state index contributed by atoms with van der Waals surface area (Å²) in [6, 6.07) is 0.777. The van der Waals surface area contributed by atoms with Crippen molar-refractivity contribution in [1.82, 2.24) is 5.32 Å². The summed E-state index contributed by atoms with van der Waals surface area (Å²) < 4.78 is 0. The minimum Gasteiger partial charge on any atom is -0.314 e. The second-order valence-electron chi connectivity index (χ2n) is 5.97. The van der Waals surface area contributed by atoms with Gasteiger partial charge in [0.15, 0.2) is 0 Å². The smallest absolute Gasteiger partial charge is 0.00953 e. The summed E-state index contributed by atoms with van der Waals surface area (Å²) in [5, 5.41) is 3.69. The molecule has 0 bridgehead atoms. The highest BCUT2D eigenvalue weighted by Gasteiger charge is 2.31. The van der Waals surface area contributed by atoms with Gasteiger partial charge in [-0.3, -0.25) is 0 Å². The molecule has 1 fully saturated rings. The molecule has 1 aliphatic carbocycles. The van der Waals surface area contributed by atoms with Crippen molar-refractivity contribution in [2.24, 2.45) is 11.3 Å². The monoisotopic (exact) mass is 211 g/mol. The predicted molar refractivity (Wildman–Crippen MR) is 68.1 cm³/mol. The van der Waals surface area contributed by atoms with E-state index < -0.39 is 0 Å². The van der Waals surface area contributed by atoms with Crippen LogP contribution in [-0.2, 0) is 0 Å². The van der Waals surface area contributed by atoms with Gasteiger partial charge >= 0.3 is 0 Å². The Kier molecular flexibility index (Phi) is 5.11. The molecule has 15 heavy (non-hydrogen) atoms. The summed E-state index contributed by atoms with van der Waals surface area (Å²) in [5.74, 6) is 0.925. The first-order chi connectivity index (χ1) is 7.09. The molecule has 2 atom stereocenters. The second kappa shape index (κ2) is 5.89. The van der Waals surface area contributed by atoms with Crippen molar-refractivity contribution in [3.63, 3.8) is 0 Å². The molecule has 0 saturated heterocycles. The number of nitrogens with one attached hydrogen (secondary N) is 1. The lowest BCUT2D eigenvalue weighted by Gasteiger charge is -2.39. The minimum atomic E-state index is 0.588. The number of hydrogen-bond donors (Lipinski definition) is 1. The lowest BCUT2D eigenvalue weighted by atomic mass is 9.69. The topological polar surface area (TPSA) is 12.0 Å². The van der Waals surface area contributed by atoms with Crippen LogP contribution in [0.25, 0.3) is 0 Å². The lowest BCUT2D eigenvalue weighted by Crippen LogP contribution is -2.40. The van der Waals surface area contributed by atoms with Crippen LogP contribution in [0.3, 0.4) is 0 Å². The Bertz CT molecular complexity index is 168. The third-order valence-corrected chi connectivity index (χ3v) is 3.88. The second-order valence-corrected chi connectivity index (χ2v) is 5.97. The zero-order valence-electron chi connectivity index (χ0n) is 11.1. The maximum atomic E-state index is 3.69.